The van der Waals surface area contributed by atoms with Crippen molar-refractivity contribution in [3.63, 3.8) is 0 Å². The molecular weight excluding hydrogens is 813 g/mol. The number of amides is 2. The second-order valence-electron chi connectivity index (χ2n) is 7.31. The van der Waals surface area contributed by atoms with Crippen molar-refractivity contribution >= 4 is 143 Å². The molecule has 0 aliphatic heterocycles. The molecule has 0 aromatic rings. The number of hydrogen-bond acceptors (Lipinski definition) is 22. The first-order valence-corrected chi connectivity index (χ1v) is 25.1. The first kappa shape index (κ1) is 47.8. The standard InChI is InChI=1S/C23H44N4O10S10/c28-1-5-38-7-3-32-22(30)26-13-42-19-46-18-41-12-25-10-36-37-16-45-21-44-15-33-23(31)27-14-43-20-47-17-40-11-24-9-35-34-4-8-39-6-2-29/h9-10,28-29H,1-8,11-21H2,(H,26,30)(H,27,31). The number of aliphatic imine (C=N–C) groups is 2. The van der Waals surface area contributed by atoms with E-state index in [1.807, 2.05) is 0 Å². The molecule has 0 heterocycles. The van der Waals surface area contributed by atoms with E-state index in [1.54, 1.807) is 82.3 Å². The predicted octanol–water partition coefficient (Wildman–Crippen LogP) is 5.24. The molecule has 0 atom stereocenters. The Morgan fingerprint density at radius 3 is 1.68 bits per heavy atom. The van der Waals surface area contributed by atoms with Crippen LogP contribution in [0.1, 0.15) is 0 Å². The predicted molar refractivity (Wildman–Crippen MR) is 213 cm³/mol. The minimum Gasteiger partial charge on any atom is -0.449 e. The van der Waals surface area contributed by atoms with E-state index in [2.05, 4.69) is 20.6 Å². The smallest absolute Gasteiger partial charge is 0.408 e. The molecule has 0 aliphatic rings. The molecule has 24 heteroatoms. The molecule has 0 saturated carbocycles. The summed E-state index contributed by atoms with van der Waals surface area (Å²) in [6.45, 7) is 1.07. The largest absolute Gasteiger partial charge is 0.449 e. The first-order valence-electron chi connectivity index (χ1n) is 13.5. The van der Waals surface area contributed by atoms with Crippen molar-refractivity contribution in [3.8, 4) is 0 Å². The summed E-state index contributed by atoms with van der Waals surface area (Å²) < 4.78 is 10.1. The molecule has 0 spiro atoms. The van der Waals surface area contributed by atoms with Gasteiger partial charge in [0, 0.05) is 48.4 Å². The fourth-order valence-electron chi connectivity index (χ4n) is 2.02. The fourth-order valence-corrected chi connectivity index (χ4v) is 10.1. The van der Waals surface area contributed by atoms with Crippen LogP contribution in [0.3, 0.4) is 0 Å². The zero-order valence-electron chi connectivity index (χ0n) is 25.7. The van der Waals surface area contributed by atoms with Crippen LogP contribution in [0.15, 0.2) is 9.98 Å². The van der Waals surface area contributed by atoms with Crippen molar-refractivity contribution in [2.24, 2.45) is 9.98 Å². The second kappa shape index (κ2) is 43.0. The Kier molecular flexibility index (Phi) is 43.7. The van der Waals surface area contributed by atoms with E-state index < -0.39 is 12.2 Å². The van der Waals surface area contributed by atoms with Crippen molar-refractivity contribution < 1.29 is 48.8 Å². The van der Waals surface area contributed by atoms with E-state index in [-0.39, 0.29) is 19.2 Å². The van der Waals surface area contributed by atoms with E-state index in [1.165, 1.54) is 48.1 Å². The second-order valence-corrected chi connectivity index (χ2v) is 19.3. The first-order chi connectivity index (χ1) is 23.2. The Morgan fingerprint density at radius 2 is 1.06 bits per heavy atom. The highest BCUT2D eigenvalue weighted by atomic mass is 32.2. The average Bonchev–Trinajstić information content (AvgIpc) is 3.07. The summed E-state index contributed by atoms with van der Waals surface area (Å²) >= 11 is 16.0. The van der Waals surface area contributed by atoms with Gasteiger partial charge in [-0.2, -0.15) is 33.3 Å². The van der Waals surface area contributed by atoms with Gasteiger partial charge in [-0.3, -0.25) is 0 Å². The maximum Gasteiger partial charge on any atom is 0.408 e. The van der Waals surface area contributed by atoms with Crippen LogP contribution in [0, 0.1) is 0 Å². The molecule has 14 nitrogen and oxygen atoms in total. The minimum absolute atomic E-state index is 0.129. The summed E-state index contributed by atoms with van der Waals surface area (Å²) in [7, 11) is 0. The van der Waals surface area contributed by atoms with E-state index in [9.17, 15) is 9.59 Å². The van der Waals surface area contributed by atoms with Crippen LogP contribution in [-0.2, 0) is 29.0 Å². The molecule has 0 aliphatic carbocycles. The third kappa shape index (κ3) is 42.9. The van der Waals surface area contributed by atoms with E-state index >= 15 is 0 Å². The lowest BCUT2D eigenvalue weighted by Gasteiger charge is -2.06. The van der Waals surface area contributed by atoms with Crippen LogP contribution in [0.25, 0.3) is 0 Å². The number of hydrogen-bond donors (Lipinski definition) is 4. The maximum atomic E-state index is 11.7. The molecule has 0 bridgehead atoms. The number of aliphatic hydroxyl groups excluding tert-OH is 2. The SMILES string of the molecule is O=C(NCSCSCSCN=COOCSCSCOC(=O)NCSCSCSCN=COOCCSCCO)OCCSCCO. The Morgan fingerprint density at radius 1 is 0.553 bits per heavy atom. The van der Waals surface area contributed by atoms with Crippen molar-refractivity contribution in [3.05, 3.63) is 0 Å². The van der Waals surface area contributed by atoms with Crippen LogP contribution in [0.5, 0.6) is 0 Å². The third-order valence-corrected chi connectivity index (χ3v) is 14.2. The fraction of sp³-hybridized carbons (Fsp3) is 0.826. The molecule has 2 amide bonds. The number of carbonyl (C=O) groups excluding carboxylic acids is 2. The maximum absolute atomic E-state index is 11.7. The number of nitrogens with zero attached hydrogens (tertiary/aromatic N) is 2. The molecule has 0 fully saturated rings. The van der Waals surface area contributed by atoms with Gasteiger partial charge in [0.15, 0.2) is 0 Å². The molecule has 0 rings (SSSR count). The van der Waals surface area contributed by atoms with Gasteiger partial charge in [0.1, 0.15) is 25.1 Å². The van der Waals surface area contributed by atoms with Gasteiger partial charge in [0.2, 0.25) is 12.8 Å². The summed E-state index contributed by atoms with van der Waals surface area (Å²) in [4.78, 5) is 51.0. The van der Waals surface area contributed by atoms with Crippen molar-refractivity contribution in [2.45, 2.75) is 0 Å². The Labute approximate surface area is 319 Å². The zero-order chi connectivity index (χ0) is 34.1. The third-order valence-electron chi connectivity index (χ3n) is 3.82. The highest BCUT2D eigenvalue weighted by Crippen LogP contribution is 2.18. The minimum atomic E-state index is -0.445. The van der Waals surface area contributed by atoms with Gasteiger partial charge >= 0.3 is 12.2 Å². The van der Waals surface area contributed by atoms with E-state index in [0.29, 0.717) is 65.0 Å². The van der Waals surface area contributed by atoms with Gasteiger partial charge in [0.05, 0.1) is 36.7 Å². The molecule has 0 unspecified atom stereocenters. The van der Waals surface area contributed by atoms with Crippen LogP contribution >= 0.6 is 118 Å². The van der Waals surface area contributed by atoms with Crippen molar-refractivity contribution in [1.29, 1.82) is 0 Å². The number of aliphatic hydroxyl groups is 2. The Hall–Kier alpha value is 0.820. The molecular formula is C23H44N4O10S10. The molecule has 0 aromatic heterocycles. The highest BCUT2D eigenvalue weighted by Gasteiger charge is 2.02. The van der Waals surface area contributed by atoms with Gasteiger partial charge in [0.25, 0.3) is 0 Å². The Bertz CT molecular complexity index is 761. The van der Waals surface area contributed by atoms with Crippen LogP contribution in [0.2, 0.25) is 0 Å². The monoisotopic (exact) mass is 856 g/mol. The number of nitrogens with one attached hydrogen (secondary N) is 2. The summed E-state index contributed by atoms with van der Waals surface area (Å²) in [5, 5.41) is 26.8. The number of thioether (sulfide) groups is 10. The lowest BCUT2D eigenvalue weighted by atomic mass is 10.8. The lowest BCUT2D eigenvalue weighted by molar-refractivity contribution is -0.210. The topological polar surface area (TPSA) is 179 Å². The molecule has 4 N–H and O–H groups in total. The highest BCUT2D eigenvalue weighted by molar-refractivity contribution is 8.23. The molecule has 276 valence electrons. The average molecular weight is 857 g/mol. The number of carbonyl (C=O) groups is 2. The number of alkyl carbamates (subject to hydrolysis) is 2. The Balaban J connectivity index is 3.27. The number of ether oxygens (including phenoxy) is 2. The number of rotatable bonds is 36. The van der Waals surface area contributed by atoms with E-state index in [0.717, 1.165) is 26.1 Å². The van der Waals surface area contributed by atoms with Crippen molar-refractivity contribution in [2.75, 3.05) is 110 Å². The van der Waals surface area contributed by atoms with Crippen LogP contribution < -0.4 is 10.6 Å². The summed E-state index contributed by atoms with van der Waals surface area (Å²) in [6.07, 6.45) is 1.69. The van der Waals surface area contributed by atoms with Gasteiger partial charge in [-0.1, -0.05) is 0 Å². The zero-order valence-corrected chi connectivity index (χ0v) is 33.9. The van der Waals surface area contributed by atoms with Crippen LogP contribution in [-0.4, -0.2) is 145 Å². The van der Waals surface area contributed by atoms with Gasteiger partial charge in [-0.25, -0.2) is 19.6 Å². The molecule has 0 radical (unpaired) electrons. The summed E-state index contributed by atoms with van der Waals surface area (Å²) in [5.74, 6) is 5.43. The summed E-state index contributed by atoms with van der Waals surface area (Å²) in [5.41, 5.74) is 0. The van der Waals surface area contributed by atoms with Gasteiger partial charge in [-0.05, 0) is 0 Å². The molecule has 0 saturated heterocycles. The quantitative estimate of drug-likeness (QED) is 0.0160. The normalized spacial score (nSPS) is 11.3. The molecule has 0 aromatic carbocycles. The van der Waals surface area contributed by atoms with Crippen LogP contribution in [0.4, 0.5) is 9.59 Å². The van der Waals surface area contributed by atoms with E-state index in [4.69, 9.17) is 39.2 Å². The van der Waals surface area contributed by atoms with Gasteiger partial charge in [-0.15, -0.1) is 94.1 Å². The summed E-state index contributed by atoms with van der Waals surface area (Å²) in [6, 6.07) is 0. The van der Waals surface area contributed by atoms with Crippen molar-refractivity contribution in [1.82, 2.24) is 10.6 Å². The van der Waals surface area contributed by atoms with Gasteiger partial charge < -0.3 is 40.1 Å². The lowest BCUT2D eigenvalue weighted by Crippen LogP contribution is -2.24. The molecule has 47 heavy (non-hydrogen) atoms.